The quantitative estimate of drug-likeness (QED) is 0.858. The van der Waals surface area contributed by atoms with Crippen LogP contribution in [0.1, 0.15) is 38.1 Å². The monoisotopic (exact) mass is 293 g/mol. The van der Waals surface area contributed by atoms with Crippen LogP contribution in [0.3, 0.4) is 0 Å². The van der Waals surface area contributed by atoms with E-state index in [-0.39, 0.29) is 11.5 Å². The van der Waals surface area contributed by atoms with Gasteiger partial charge in [-0.05, 0) is 19.3 Å². The molecule has 0 saturated carbocycles. The average molecular weight is 293 g/mol. The summed E-state index contributed by atoms with van der Waals surface area (Å²) in [5.74, 6) is 0.441. The number of thiazole rings is 1. The van der Waals surface area contributed by atoms with Crippen LogP contribution in [0.15, 0.2) is 11.6 Å². The number of hydrogen-bond donors (Lipinski definition) is 0. The van der Waals surface area contributed by atoms with E-state index in [1.807, 2.05) is 25.4 Å². The molecule has 2 saturated heterocycles. The van der Waals surface area contributed by atoms with Crippen LogP contribution in [-0.2, 0) is 11.3 Å². The Labute approximate surface area is 124 Å². The lowest BCUT2D eigenvalue weighted by atomic mass is 9.94. The molecule has 1 amide bonds. The predicted octanol–water partition coefficient (Wildman–Crippen LogP) is 2.37. The van der Waals surface area contributed by atoms with Crippen LogP contribution in [0.2, 0.25) is 0 Å². The van der Waals surface area contributed by atoms with Crippen molar-refractivity contribution in [2.75, 3.05) is 19.6 Å². The van der Waals surface area contributed by atoms with Crippen molar-refractivity contribution in [3.05, 3.63) is 16.6 Å². The molecular formula is C15H23N3OS. The first-order valence-corrected chi connectivity index (χ1v) is 8.41. The number of aromatic nitrogens is 1. The molecule has 20 heavy (non-hydrogen) atoms. The first-order valence-electron chi connectivity index (χ1n) is 7.53. The Balaban J connectivity index is 1.69. The minimum atomic E-state index is 0.109. The molecular weight excluding hydrogens is 270 g/mol. The summed E-state index contributed by atoms with van der Waals surface area (Å²) in [5.41, 5.74) is 0.110. The fourth-order valence-electron chi connectivity index (χ4n) is 3.62. The number of likely N-dealkylation sites (tertiary alicyclic amines) is 2. The molecule has 3 heterocycles. The van der Waals surface area contributed by atoms with Gasteiger partial charge in [-0.3, -0.25) is 9.69 Å². The van der Waals surface area contributed by atoms with Crippen LogP contribution in [-0.4, -0.2) is 45.9 Å². The van der Waals surface area contributed by atoms with Crippen molar-refractivity contribution < 1.29 is 4.79 Å². The van der Waals surface area contributed by atoms with Gasteiger partial charge in [-0.2, -0.15) is 0 Å². The highest BCUT2D eigenvalue weighted by Crippen LogP contribution is 2.38. The Morgan fingerprint density at radius 1 is 1.45 bits per heavy atom. The molecule has 2 aliphatic heterocycles. The zero-order chi connectivity index (χ0) is 14.2. The summed E-state index contributed by atoms with van der Waals surface area (Å²) in [6.45, 7) is 8.00. The molecule has 0 aromatic carbocycles. The van der Waals surface area contributed by atoms with Crippen LogP contribution in [0.5, 0.6) is 0 Å². The molecule has 1 aromatic rings. The third-order valence-corrected chi connectivity index (χ3v) is 5.37. The van der Waals surface area contributed by atoms with Crippen molar-refractivity contribution in [3.8, 4) is 0 Å². The second kappa shape index (κ2) is 5.45. The van der Waals surface area contributed by atoms with Crippen LogP contribution in [0, 0.1) is 5.92 Å². The summed E-state index contributed by atoms with van der Waals surface area (Å²) < 4.78 is 0. The van der Waals surface area contributed by atoms with Gasteiger partial charge in [-0.15, -0.1) is 11.3 Å². The largest absolute Gasteiger partial charge is 0.335 e. The standard InChI is InChI=1S/C15H23N3OS/c1-12(2)14(19)18-7-3-4-15(18)5-8-17(11-15)10-13-16-6-9-20-13/h6,9,12H,3-5,7-8,10-11H2,1-2H3/t15-/m1/s1. The molecule has 0 N–H and O–H groups in total. The highest BCUT2D eigenvalue weighted by molar-refractivity contribution is 7.09. The van der Waals surface area contributed by atoms with Gasteiger partial charge in [0, 0.05) is 37.1 Å². The first-order chi connectivity index (χ1) is 9.61. The molecule has 2 fully saturated rings. The third kappa shape index (κ3) is 2.49. The van der Waals surface area contributed by atoms with E-state index in [9.17, 15) is 4.79 Å². The summed E-state index contributed by atoms with van der Waals surface area (Å²) in [4.78, 5) is 21.4. The normalized spacial score (nSPS) is 27.1. The van der Waals surface area contributed by atoms with Crippen LogP contribution >= 0.6 is 11.3 Å². The maximum absolute atomic E-state index is 12.4. The Morgan fingerprint density at radius 3 is 3.00 bits per heavy atom. The summed E-state index contributed by atoms with van der Waals surface area (Å²) >= 11 is 1.72. The smallest absolute Gasteiger partial charge is 0.225 e. The topological polar surface area (TPSA) is 36.4 Å². The van der Waals surface area contributed by atoms with E-state index in [0.29, 0.717) is 5.91 Å². The lowest BCUT2D eigenvalue weighted by Gasteiger charge is -2.36. The highest BCUT2D eigenvalue weighted by Gasteiger charge is 2.48. The number of carbonyl (C=O) groups excluding carboxylic acids is 1. The van der Waals surface area contributed by atoms with Crippen molar-refractivity contribution in [2.24, 2.45) is 5.92 Å². The van der Waals surface area contributed by atoms with Crippen molar-refractivity contribution >= 4 is 17.2 Å². The highest BCUT2D eigenvalue weighted by atomic mass is 32.1. The van der Waals surface area contributed by atoms with E-state index in [4.69, 9.17) is 0 Å². The van der Waals surface area contributed by atoms with E-state index >= 15 is 0 Å². The number of rotatable bonds is 3. The van der Waals surface area contributed by atoms with Crippen LogP contribution < -0.4 is 0 Å². The molecule has 1 atom stereocenters. The molecule has 3 rings (SSSR count). The number of nitrogens with zero attached hydrogens (tertiary/aromatic N) is 3. The van der Waals surface area contributed by atoms with Gasteiger partial charge >= 0.3 is 0 Å². The van der Waals surface area contributed by atoms with Gasteiger partial charge in [0.05, 0.1) is 12.1 Å². The van der Waals surface area contributed by atoms with Crippen molar-refractivity contribution in [1.82, 2.24) is 14.8 Å². The first kappa shape index (κ1) is 14.0. The van der Waals surface area contributed by atoms with Gasteiger partial charge in [0.1, 0.15) is 5.01 Å². The van der Waals surface area contributed by atoms with Crippen LogP contribution in [0.4, 0.5) is 0 Å². The third-order valence-electron chi connectivity index (χ3n) is 4.61. The number of hydrogen-bond acceptors (Lipinski definition) is 4. The molecule has 5 heteroatoms. The Morgan fingerprint density at radius 2 is 2.30 bits per heavy atom. The molecule has 0 radical (unpaired) electrons. The minimum absolute atomic E-state index is 0.109. The Hall–Kier alpha value is -0.940. The van der Waals surface area contributed by atoms with Crippen molar-refractivity contribution in [2.45, 2.75) is 45.2 Å². The molecule has 110 valence electrons. The van der Waals surface area contributed by atoms with Gasteiger partial charge in [-0.25, -0.2) is 4.98 Å². The molecule has 0 unspecified atom stereocenters. The van der Waals surface area contributed by atoms with Gasteiger partial charge in [0.15, 0.2) is 0 Å². The van der Waals surface area contributed by atoms with Gasteiger partial charge < -0.3 is 4.90 Å². The summed E-state index contributed by atoms with van der Waals surface area (Å²) in [6, 6.07) is 0. The van der Waals surface area contributed by atoms with E-state index in [0.717, 1.165) is 39.0 Å². The lowest BCUT2D eigenvalue weighted by molar-refractivity contribution is -0.138. The molecule has 1 spiro atoms. The fourth-order valence-corrected chi connectivity index (χ4v) is 4.27. The zero-order valence-electron chi connectivity index (χ0n) is 12.3. The van der Waals surface area contributed by atoms with Crippen molar-refractivity contribution in [1.29, 1.82) is 0 Å². The number of amides is 1. The van der Waals surface area contributed by atoms with Crippen molar-refractivity contribution in [3.63, 3.8) is 0 Å². The number of carbonyl (C=O) groups is 1. The molecule has 0 bridgehead atoms. The lowest BCUT2D eigenvalue weighted by Crippen LogP contribution is -2.50. The minimum Gasteiger partial charge on any atom is -0.335 e. The summed E-state index contributed by atoms with van der Waals surface area (Å²) in [7, 11) is 0. The Bertz CT molecular complexity index is 473. The summed E-state index contributed by atoms with van der Waals surface area (Å²) in [6.07, 6.45) is 5.32. The van der Waals surface area contributed by atoms with E-state index in [1.54, 1.807) is 11.3 Å². The second-order valence-corrected chi connectivity index (χ2v) is 7.34. The van der Waals surface area contributed by atoms with E-state index in [2.05, 4.69) is 14.8 Å². The summed E-state index contributed by atoms with van der Waals surface area (Å²) in [5, 5.41) is 3.22. The van der Waals surface area contributed by atoms with Gasteiger partial charge in [-0.1, -0.05) is 13.8 Å². The fraction of sp³-hybridized carbons (Fsp3) is 0.733. The molecule has 1 aromatic heterocycles. The maximum Gasteiger partial charge on any atom is 0.225 e. The molecule has 2 aliphatic rings. The maximum atomic E-state index is 12.4. The average Bonchev–Trinajstić information content (AvgIpc) is 3.12. The van der Waals surface area contributed by atoms with E-state index in [1.165, 1.54) is 11.4 Å². The van der Waals surface area contributed by atoms with Gasteiger partial charge in [0.25, 0.3) is 0 Å². The predicted molar refractivity (Wildman–Crippen MR) is 80.5 cm³/mol. The van der Waals surface area contributed by atoms with Crippen LogP contribution in [0.25, 0.3) is 0 Å². The zero-order valence-corrected chi connectivity index (χ0v) is 13.2. The Kier molecular flexibility index (Phi) is 3.82. The van der Waals surface area contributed by atoms with E-state index < -0.39 is 0 Å². The van der Waals surface area contributed by atoms with Gasteiger partial charge in [0.2, 0.25) is 5.91 Å². The SMILES string of the molecule is CC(C)C(=O)N1CCC[C@]12CCN(Cc1nccs1)C2. The molecule has 4 nitrogen and oxygen atoms in total. The second-order valence-electron chi connectivity index (χ2n) is 6.36. The molecule has 0 aliphatic carbocycles.